The van der Waals surface area contributed by atoms with Crippen LogP contribution in [0.25, 0.3) is 0 Å². The van der Waals surface area contributed by atoms with Gasteiger partial charge in [0.2, 0.25) is 5.91 Å². The molecule has 1 aromatic rings. The van der Waals surface area contributed by atoms with Gasteiger partial charge >= 0.3 is 0 Å². The Hall–Kier alpha value is -0.350. The molecule has 0 heterocycles. The van der Waals surface area contributed by atoms with Crippen LogP contribution in [0.2, 0.25) is 0 Å². The van der Waals surface area contributed by atoms with Crippen LogP contribution in [0.4, 0.5) is 5.69 Å². The zero-order valence-electron chi connectivity index (χ0n) is 8.90. The highest BCUT2D eigenvalue weighted by Gasteiger charge is 2.23. The third-order valence-corrected chi connectivity index (χ3v) is 2.66. The molecule has 2 nitrogen and oxygen atoms in total. The van der Waals surface area contributed by atoms with Gasteiger partial charge < -0.3 is 5.32 Å². The van der Waals surface area contributed by atoms with Crippen LogP contribution in [-0.2, 0) is 4.79 Å². The molecule has 0 saturated carbocycles. The monoisotopic (exact) mass is 333 g/mol. The van der Waals surface area contributed by atoms with Crippen molar-refractivity contribution in [3.8, 4) is 0 Å². The molecule has 0 radical (unpaired) electrons. The molecular formula is C11H13Br2NO. The Labute approximate surface area is 107 Å². The van der Waals surface area contributed by atoms with Gasteiger partial charge in [-0.2, -0.15) is 0 Å². The van der Waals surface area contributed by atoms with Crippen LogP contribution in [-0.4, -0.2) is 10.2 Å². The first kappa shape index (κ1) is 12.7. The molecular weight excluding hydrogens is 322 g/mol. The predicted octanol–water partition coefficient (Wildman–Crippen LogP) is 3.87. The first-order chi connectivity index (χ1) is 6.79. The van der Waals surface area contributed by atoms with Crippen LogP contribution in [0.15, 0.2) is 22.7 Å². The van der Waals surface area contributed by atoms with Crippen LogP contribution >= 0.6 is 31.9 Å². The number of nitrogens with one attached hydrogen (secondary N) is 1. The summed E-state index contributed by atoms with van der Waals surface area (Å²) >= 11 is 6.71. The van der Waals surface area contributed by atoms with E-state index < -0.39 is 4.32 Å². The molecule has 0 aliphatic heterocycles. The van der Waals surface area contributed by atoms with Crippen molar-refractivity contribution in [1.29, 1.82) is 0 Å². The van der Waals surface area contributed by atoms with Crippen molar-refractivity contribution in [2.24, 2.45) is 0 Å². The minimum atomic E-state index is -0.552. The van der Waals surface area contributed by atoms with Crippen LogP contribution in [0.5, 0.6) is 0 Å². The Morgan fingerprint density at radius 2 is 1.93 bits per heavy atom. The van der Waals surface area contributed by atoms with Gasteiger partial charge in [-0.15, -0.1) is 0 Å². The lowest BCUT2D eigenvalue weighted by Crippen LogP contribution is -2.30. The number of hydrogen-bond acceptors (Lipinski definition) is 1. The van der Waals surface area contributed by atoms with Crippen molar-refractivity contribution in [2.75, 3.05) is 5.32 Å². The van der Waals surface area contributed by atoms with Crippen LogP contribution in [0, 0.1) is 6.92 Å². The number of anilines is 1. The molecule has 0 fully saturated rings. The number of carbonyl (C=O) groups is 1. The number of hydrogen-bond donors (Lipinski definition) is 1. The smallest absolute Gasteiger partial charge is 0.240 e. The summed E-state index contributed by atoms with van der Waals surface area (Å²) in [5, 5.41) is 2.85. The Balaban J connectivity index is 2.86. The van der Waals surface area contributed by atoms with E-state index in [4.69, 9.17) is 0 Å². The molecule has 0 aliphatic carbocycles. The van der Waals surface area contributed by atoms with Crippen molar-refractivity contribution in [1.82, 2.24) is 0 Å². The molecule has 0 bridgehead atoms. The van der Waals surface area contributed by atoms with Crippen LogP contribution in [0.3, 0.4) is 0 Å². The molecule has 15 heavy (non-hydrogen) atoms. The molecule has 1 rings (SSSR count). The summed E-state index contributed by atoms with van der Waals surface area (Å²) < 4.78 is 0.411. The fourth-order valence-electron chi connectivity index (χ4n) is 1.09. The first-order valence-electron chi connectivity index (χ1n) is 4.56. The van der Waals surface area contributed by atoms with Gasteiger partial charge in [0.1, 0.15) is 0 Å². The van der Waals surface area contributed by atoms with E-state index in [0.717, 1.165) is 15.7 Å². The summed E-state index contributed by atoms with van der Waals surface area (Å²) in [5.74, 6) is -0.0556. The quantitative estimate of drug-likeness (QED) is 0.817. The Morgan fingerprint density at radius 1 is 1.33 bits per heavy atom. The predicted molar refractivity (Wildman–Crippen MR) is 70.5 cm³/mol. The second kappa shape index (κ2) is 4.66. The van der Waals surface area contributed by atoms with Gasteiger partial charge in [0.15, 0.2) is 0 Å². The zero-order valence-corrected chi connectivity index (χ0v) is 12.1. The summed E-state index contributed by atoms with van der Waals surface area (Å²) in [6.07, 6.45) is 0. The van der Waals surface area contributed by atoms with E-state index in [-0.39, 0.29) is 5.91 Å². The van der Waals surface area contributed by atoms with Gasteiger partial charge in [0, 0.05) is 10.2 Å². The minimum absolute atomic E-state index is 0.0556. The number of rotatable bonds is 2. The van der Waals surface area contributed by atoms with Gasteiger partial charge in [-0.1, -0.05) is 31.9 Å². The average molecular weight is 335 g/mol. The second-order valence-electron chi connectivity index (χ2n) is 3.94. The highest BCUT2D eigenvalue weighted by molar-refractivity contribution is 9.10. The molecule has 82 valence electrons. The van der Waals surface area contributed by atoms with E-state index in [9.17, 15) is 4.79 Å². The molecule has 0 spiro atoms. The van der Waals surface area contributed by atoms with Gasteiger partial charge in [-0.3, -0.25) is 4.79 Å². The minimum Gasteiger partial charge on any atom is -0.325 e. The maximum Gasteiger partial charge on any atom is 0.240 e. The van der Waals surface area contributed by atoms with Crippen LogP contribution in [0.1, 0.15) is 19.4 Å². The van der Waals surface area contributed by atoms with Crippen molar-refractivity contribution in [2.45, 2.75) is 25.1 Å². The van der Waals surface area contributed by atoms with Crippen molar-refractivity contribution in [3.05, 3.63) is 28.2 Å². The molecule has 4 heteroatoms. The Kier molecular flexibility index (Phi) is 3.95. The molecule has 1 N–H and O–H groups in total. The highest BCUT2D eigenvalue weighted by atomic mass is 79.9. The lowest BCUT2D eigenvalue weighted by molar-refractivity contribution is -0.117. The Morgan fingerprint density at radius 3 is 2.40 bits per heavy atom. The third-order valence-electron chi connectivity index (χ3n) is 1.84. The summed E-state index contributed by atoms with van der Waals surface area (Å²) in [7, 11) is 0. The molecule has 0 unspecified atom stereocenters. The lowest BCUT2D eigenvalue weighted by Gasteiger charge is -2.16. The fourth-order valence-corrected chi connectivity index (χ4v) is 1.80. The van der Waals surface area contributed by atoms with E-state index in [2.05, 4.69) is 37.2 Å². The van der Waals surface area contributed by atoms with Crippen molar-refractivity contribution >= 4 is 43.5 Å². The van der Waals surface area contributed by atoms with E-state index >= 15 is 0 Å². The summed E-state index contributed by atoms with van der Waals surface area (Å²) in [6, 6.07) is 5.81. The summed E-state index contributed by atoms with van der Waals surface area (Å²) in [6.45, 7) is 5.61. The van der Waals surface area contributed by atoms with Gasteiger partial charge in [-0.05, 0) is 44.5 Å². The molecule has 0 saturated heterocycles. The van der Waals surface area contributed by atoms with Gasteiger partial charge in [0.05, 0.1) is 4.32 Å². The number of benzene rings is 1. The SMILES string of the molecule is Cc1cc(Br)cc(NC(=O)C(C)(C)Br)c1. The molecule has 1 amide bonds. The zero-order chi connectivity index (χ0) is 11.6. The van der Waals surface area contributed by atoms with Gasteiger partial charge in [0.25, 0.3) is 0 Å². The first-order valence-corrected chi connectivity index (χ1v) is 6.15. The number of aryl methyl sites for hydroxylation is 1. The maximum atomic E-state index is 11.7. The standard InChI is InChI=1S/C11H13Br2NO/c1-7-4-8(12)6-9(5-7)14-10(15)11(2,3)13/h4-6H,1-3H3,(H,14,15). The normalized spacial score (nSPS) is 11.3. The summed E-state index contributed by atoms with van der Waals surface area (Å²) in [5.41, 5.74) is 1.91. The molecule has 0 atom stereocenters. The topological polar surface area (TPSA) is 29.1 Å². The second-order valence-corrected chi connectivity index (χ2v) is 6.84. The molecule has 0 aliphatic rings. The Bertz CT molecular complexity index is 362. The fraction of sp³-hybridized carbons (Fsp3) is 0.364. The number of alkyl halides is 1. The van der Waals surface area contributed by atoms with Crippen LogP contribution < -0.4 is 5.32 Å². The number of halogens is 2. The lowest BCUT2D eigenvalue weighted by atomic mass is 10.2. The van der Waals surface area contributed by atoms with Crippen molar-refractivity contribution in [3.63, 3.8) is 0 Å². The van der Waals surface area contributed by atoms with E-state index in [1.807, 2.05) is 39.0 Å². The largest absolute Gasteiger partial charge is 0.325 e. The summed E-state index contributed by atoms with van der Waals surface area (Å²) in [4.78, 5) is 11.7. The highest BCUT2D eigenvalue weighted by Crippen LogP contribution is 2.22. The maximum absolute atomic E-state index is 11.7. The average Bonchev–Trinajstić information content (AvgIpc) is 1.99. The van der Waals surface area contributed by atoms with Gasteiger partial charge in [-0.25, -0.2) is 0 Å². The van der Waals surface area contributed by atoms with Crippen molar-refractivity contribution < 1.29 is 4.79 Å². The molecule has 1 aromatic carbocycles. The third kappa shape index (κ3) is 3.95. The number of carbonyl (C=O) groups excluding carboxylic acids is 1. The number of amides is 1. The van der Waals surface area contributed by atoms with E-state index in [0.29, 0.717) is 0 Å². The van der Waals surface area contributed by atoms with E-state index in [1.165, 1.54) is 0 Å². The molecule has 0 aromatic heterocycles. The van der Waals surface area contributed by atoms with E-state index in [1.54, 1.807) is 0 Å².